The van der Waals surface area contributed by atoms with Crippen LogP contribution in [0.4, 0.5) is 10.5 Å². The Morgan fingerprint density at radius 3 is 2.75 bits per heavy atom. The van der Waals surface area contributed by atoms with Crippen molar-refractivity contribution in [2.24, 2.45) is 5.73 Å². The molecule has 0 heterocycles. The number of hydrogen-bond donors (Lipinski definition) is 2. The van der Waals surface area contributed by atoms with Crippen molar-refractivity contribution in [2.75, 3.05) is 5.73 Å². The van der Waals surface area contributed by atoms with Crippen LogP contribution >= 0.6 is 15.9 Å². The monoisotopic (exact) mass is 230 g/mol. The zero-order valence-electron chi connectivity index (χ0n) is 6.08. The maximum atomic E-state index is 10.4. The number of nitrogens with two attached hydrogens (primary N) is 2. The van der Waals surface area contributed by atoms with Crippen LogP contribution in [0.5, 0.6) is 5.75 Å². The van der Waals surface area contributed by atoms with Gasteiger partial charge in [-0.2, -0.15) is 0 Å². The Bertz CT molecular complexity index is 314. The van der Waals surface area contributed by atoms with Crippen molar-refractivity contribution in [3.63, 3.8) is 0 Å². The SMILES string of the molecule is NC(=O)Oc1cc(N)ccc1Br. The summed E-state index contributed by atoms with van der Waals surface area (Å²) in [7, 11) is 0. The van der Waals surface area contributed by atoms with E-state index < -0.39 is 6.09 Å². The molecule has 0 bridgehead atoms. The van der Waals surface area contributed by atoms with Gasteiger partial charge in [-0.05, 0) is 28.1 Å². The van der Waals surface area contributed by atoms with Gasteiger partial charge in [0.25, 0.3) is 0 Å². The first-order valence-electron chi connectivity index (χ1n) is 3.12. The highest BCUT2D eigenvalue weighted by Gasteiger charge is 2.03. The highest BCUT2D eigenvalue weighted by atomic mass is 79.9. The summed E-state index contributed by atoms with van der Waals surface area (Å²) < 4.78 is 5.27. The number of primary amides is 1. The lowest BCUT2D eigenvalue weighted by Crippen LogP contribution is -2.16. The maximum Gasteiger partial charge on any atom is 0.410 e. The molecule has 0 aromatic heterocycles. The van der Waals surface area contributed by atoms with E-state index in [2.05, 4.69) is 20.7 Å². The molecule has 12 heavy (non-hydrogen) atoms. The number of benzene rings is 1. The second-order valence-corrected chi connectivity index (χ2v) is 2.97. The van der Waals surface area contributed by atoms with E-state index in [4.69, 9.17) is 11.5 Å². The van der Waals surface area contributed by atoms with E-state index in [0.29, 0.717) is 15.9 Å². The van der Waals surface area contributed by atoms with E-state index in [-0.39, 0.29) is 0 Å². The summed E-state index contributed by atoms with van der Waals surface area (Å²) in [4.78, 5) is 10.4. The molecule has 5 heteroatoms. The molecule has 4 N–H and O–H groups in total. The fourth-order valence-corrected chi connectivity index (χ4v) is 1.03. The summed E-state index contributed by atoms with van der Waals surface area (Å²) in [5, 5.41) is 0. The van der Waals surface area contributed by atoms with Gasteiger partial charge in [-0.3, -0.25) is 0 Å². The van der Waals surface area contributed by atoms with Gasteiger partial charge < -0.3 is 16.2 Å². The smallest absolute Gasteiger partial charge is 0.409 e. The molecule has 0 atom stereocenters. The second-order valence-electron chi connectivity index (χ2n) is 2.11. The number of halogens is 1. The highest BCUT2D eigenvalue weighted by Crippen LogP contribution is 2.26. The lowest BCUT2D eigenvalue weighted by Gasteiger charge is -2.03. The van der Waals surface area contributed by atoms with Crippen molar-refractivity contribution in [2.45, 2.75) is 0 Å². The Kier molecular flexibility index (Phi) is 2.54. The summed E-state index contributed by atoms with van der Waals surface area (Å²) in [5.74, 6) is 0.322. The Balaban J connectivity index is 2.97. The van der Waals surface area contributed by atoms with Crippen molar-refractivity contribution in [3.8, 4) is 5.75 Å². The lowest BCUT2D eigenvalue weighted by molar-refractivity contribution is 0.210. The molecule has 0 saturated carbocycles. The number of anilines is 1. The molecule has 0 saturated heterocycles. The van der Waals surface area contributed by atoms with Gasteiger partial charge in [-0.1, -0.05) is 0 Å². The fourth-order valence-electron chi connectivity index (χ4n) is 0.707. The third-order valence-corrected chi connectivity index (χ3v) is 1.82. The van der Waals surface area contributed by atoms with E-state index in [1.54, 1.807) is 12.1 Å². The van der Waals surface area contributed by atoms with Crippen LogP contribution in [-0.4, -0.2) is 6.09 Å². The van der Waals surface area contributed by atoms with Crippen molar-refractivity contribution in [3.05, 3.63) is 22.7 Å². The van der Waals surface area contributed by atoms with Crippen LogP contribution in [0, 0.1) is 0 Å². The average molecular weight is 231 g/mol. The summed E-state index contributed by atoms with van der Waals surface area (Å²) in [6, 6.07) is 4.86. The maximum absolute atomic E-state index is 10.4. The molecule has 4 nitrogen and oxygen atoms in total. The Morgan fingerprint density at radius 2 is 2.17 bits per heavy atom. The van der Waals surface area contributed by atoms with Gasteiger partial charge in [0.15, 0.2) is 0 Å². The van der Waals surface area contributed by atoms with Gasteiger partial charge in [0.2, 0.25) is 0 Å². The Labute approximate surface area is 77.6 Å². The number of ether oxygens (including phenoxy) is 1. The minimum atomic E-state index is -0.860. The molecule has 0 radical (unpaired) electrons. The minimum Gasteiger partial charge on any atom is -0.409 e. The predicted octanol–water partition coefficient (Wildman–Crippen LogP) is 1.49. The molecular weight excluding hydrogens is 224 g/mol. The average Bonchev–Trinajstić information content (AvgIpc) is 1.96. The van der Waals surface area contributed by atoms with E-state index in [9.17, 15) is 4.79 Å². The number of carbonyl (C=O) groups excluding carboxylic acids is 1. The van der Waals surface area contributed by atoms with Crippen LogP contribution in [-0.2, 0) is 0 Å². The summed E-state index contributed by atoms with van der Waals surface area (Å²) >= 11 is 3.17. The first-order valence-corrected chi connectivity index (χ1v) is 3.91. The number of rotatable bonds is 1. The predicted molar refractivity (Wildman–Crippen MR) is 48.8 cm³/mol. The Morgan fingerprint density at radius 1 is 1.50 bits per heavy atom. The zero-order valence-corrected chi connectivity index (χ0v) is 7.67. The van der Waals surface area contributed by atoms with E-state index >= 15 is 0 Å². The third-order valence-electron chi connectivity index (χ3n) is 1.17. The van der Waals surface area contributed by atoms with Crippen molar-refractivity contribution in [1.29, 1.82) is 0 Å². The molecule has 1 rings (SSSR count). The Hall–Kier alpha value is -1.23. The molecule has 64 valence electrons. The van der Waals surface area contributed by atoms with Gasteiger partial charge in [0.05, 0.1) is 4.47 Å². The molecule has 0 aliphatic carbocycles. The van der Waals surface area contributed by atoms with Crippen molar-refractivity contribution in [1.82, 2.24) is 0 Å². The number of nitrogen functional groups attached to an aromatic ring is 1. The van der Waals surface area contributed by atoms with E-state index in [1.807, 2.05) is 0 Å². The van der Waals surface area contributed by atoms with Crippen LogP contribution in [0.3, 0.4) is 0 Å². The van der Waals surface area contributed by atoms with Gasteiger partial charge in [0, 0.05) is 11.8 Å². The van der Waals surface area contributed by atoms with Crippen LogP contribution < -0.4 is 16.2 Å². The lowest BCUT2D eigenvalue weighted by atomic mass is 10.3. The first kappa shape index (κ1) is 8.86. The largest absolute Gasteiger partial charge is 0.410 e. The molecule has 1 amide bonds. The standard InChI is InChI=1S/C7H7BrN2O2/c8-5-2-1-4(9)3-6(5)12-7(10)11/h1-3H,9H2,(H2,10,11). The first-order chi connectivity index (χ1) is 5.59. The van der Waals surface area contributed by atoms with E-state index in [1.165, 1.54) is 6.07 Å². The summed E-state index contributed by atoms with van der Waals surface area (Å²) in [6.45, 7) is 0. The van der Waals surface area contributed by atoms with Crippen LogP contribution in [0.1, 0.15) is 0 Å². The molecule has 0 unspecified atom stereocenters. The van der Waals surface area contributed by atoms with Gasteiger partial charge in [-0.25, -0.2) is 4.79 Å². The van der Waals surface area contributed by atoms with Crippen LogP contribution in [0.25, 0.3) is 0 Å². The molecule has 1 aromatic rings. The zero-order chi connectivity index (χ0) is 9.14. The topological polar surface area (TPSA) is 78.3 Å². The number of carbonyl (C=O) groups is 1. The van der Waals surface area contributed by atoms with Crippen LogP contribution in [0.15, 0.2) is 22.7 Å². The molecular formula is C7H7BrN2O2. The summed E-state index contributed by atoms with van der Waals surface area (Å²) in [6.07, 6.45) is -0.860. The molecule has 1 aromatic carbocycles. The normalized spacial score (nSPS) is 9.42. The van der Waals surface area contributed by atoms with Crippen LogP contribution in [0.2, 0.25) is 0 Å². The van der Waals surface area contributed by atoms with E-state index in [0.717, 1.165) is 0 Å². The number of amides is 1. The molecule has 0 aliphatic heterocycles. The highest BCUT2D eigenvalue weighted by molar-refractivity contribution is 9.10. The second kappa shape index (κ2) is 3.44. The van der Waals surface area contributed by atoms with Crippen molar-refractivity contribution >= 4 is 27.7 Å². The van der Waals surface area contributed by atoms with Gasteiger partial charge in [0.1, 0.15) is 5.75 Å². The van der Waals surface area contributed by atoms with Crippen molar-refractivity contribution < 1.29 is 9.53 Å². The third kappa shape index (κ3) is 2.13. The minimum absolute atomic E-state index is 0.322. The fraction of sp³-hybridized carbons (Fsp3) is 0. The molecule has 0 aliphatic rings. The van der Waals surface area contributed by atoms with Gasteiger partial charge >= 0.3 is 6.09 Å². The molecule has 0 fully saturated rings. The van der Waals surface area contributed by atoms with Gasteiger partial charge in [-0.15, -0.1) is 0 Å². The number of hydrogen-bond acceptors (Lipinski definition) is 3. The molecule has 0 spiro atoms. The summed E-state index contributed by atoms with van der Waals surface area (Å²) in [5.41, 5.74) is 10.8. The quantitative estimate of drug-likeness (QED) is 0.718.